The van der Waals surface area contributed by atoms with Crippen molar-refractivity contribution in [3.63, 3.8) is 0 Å². The number of benzene rings is 1. The lowest BCUT2D eigenvalue weighted by molar-refractivity contribution is -0.189. The molecule has 1 heterocycles. The van der Waals surface area contributed by atoms with Gasteiger partial charge in [0, 0.05) is 18.4 Å². The molecule has 2 unspecified atom stereocenters. The number of phenolic OH excluding ortho intramolecular Hbond substituents is 1. The van der Waals surface area contributed by atoms with Crippen LogP contribution in [0.25, 0.3) is 0 Å². The molecule has 8 heteroatoms. The number of ether oxygens (including phenoxy) is 4. The molecule has 1 aliphatic heterocycles. The molecule has 1 saturated carbocycles. The normalized spacial score (nSPS) is 21.5. The third kappa shape index (κ3) is 4.08. The van der Waals surface area contributed by atoms with E-state index < -0.39 is 24.0 Å². The highest BCUT2D eigenvalue weighted by atomic mass is 35.5. The molecular formula is C20H27ClO7. The summed E-state index contributed by atoms with van der Waals surface area (Å²) in [7, 11) is 1.26. The lowest BCUT2D eigenvalue weighted by atomic mass is 9.80. The maximum absolute atomic E-state index is 11.8. The van der Waals surface area contributed by atoms with E-state index in [4.69, 9.17) is 30.5 Å². The van der Waals surface area contributed by atoms with Crippen molar-refractivity contribution in [1.82, 2.24) is 0 Å². The van der Waals surface area contributed by atoms with Crippen LogP contribution in [-0.4, -0.2) is 54.5 Å². The number of rotatable bonds is 5. The SMILES string of the molecule is COC(=O)c1cc(Cl)c(OC(C)C(O)C2CCC3(CC2)OCCO3)c(O)c1C. The third-order valence-electron chi connectivity index (χ3n) is 5.74. The molecule has 156 valence electrons. The number of halogens is 1. The Hall–Kier alpha value is -1.54. The molecule has 0 radical (unpaired) electrons. The Morgan fingerprint density at radius 2 is 1.93 bits per heavy atom. The van der Waals surface area contributed by atoms with Gasteiger partial charge in [-0.1, -0.05) is 11.6 Å². The van der Waals surface area contributed by atoms with E-state index in [0.29, 0.717) is 18.8 Å². The molecule has 1 aromatic rings. The molecule has 2 N–H and O–H groups in total. The zero-order chi connectivity index (χ0) is 20.5. The predicted molar refractivity (Wildman–Crippen MR) is 102 cm³/mol. The smallest absolute Gasteiger partial charge is 0.338 e. The van der Waals surface area contributed by atoms with Gasteiger partial charge in [0.15, 0.2) is 17.3 Å². The topological polar surface area (TPSA) is 94.5 Å². The summed E-state index contributed by atoms with van der Waals surface area (Å²) in [6.07, 6.45) is 1.65. The maximum atomic E-state index is 11.8. The number of aliphatic hydroxyl groups is 1. The quantitative estimate of drug-likeness (QED) is 0.714. The highest BCUT2D eigenvalue weighted by molar-refractivity contribution is 6.32. The van der Waals surface area contributed by atoms with Crippen molar-refractivity contribution in [2.75, 3.05) is 20.3 Å². The number of esters is 1. The Morgan fingerprint density at radius 1 is 1.32 bits per heavy atom. The third-order valence-corrected chi connectivity index (χ3v) is 6.02. The molecule has 28 heavy (non-hydrogen) atoms. The Balaban J connectivity index is 1.68. The number of carbonyl (C=O) groups is 1. The van der Waals surface area contributed by atoms with Gasteiger partial charge in [0.2, 0.25) is 0 Å². The van der Waals surface area contributed by atoms with Crippen LogP contribution in [0.2, 0.25) is 5.02 Å². The summed E-state index contributed by atoms with van der Waals surface area (Å²) in [4.78, 5) is 11.8. The molecule has 2 aliphatic rings. The van der Waals surface area contributed by atoms with Crippen LogP contribution in [0.15, 0.2) is 6.07 Å². The molecule has 0 bridgehead atoms. The molecule has 2 fully saturated rings. The first-order valence-corrected chi connectivity index (χ1v) is 9.89. The first-order chi connectivity index (χ1) is 13.3. The molecule has 7 nitrogen and oxygen atoms in total. The predicted octanol–water partition coefficient (Wildman–Crippen LogP) is 3.20. The number of aromatic hydroxyl groups is 1. The number of aliphatic hydroxyl groups excluding tert-OH is 1. The Kier molecular flexibility index (Phi) is 6.39. The van der Waals surface area contributed by atoms with Gasteiger partial charge in [0.25, 0.3) is 0 Å². The minimum absolute atomic E-state index is 0.0322. The van der Waals surface area contributed by atoms with Crippen molar-refractivity contribution < 1.29 is 34.0 Å². The van der Waals surface area contributed by atoms with E-state index in [1.54, 1.807) is 13.8 Å². The minimum Gasteiger partial charge on any atom is -0.504 e. The van der Waals surface area contributed by atoms with Gasteiger partial charge in [-0.05, 0) is 38.7 Å². The second-order valence-electron chi connectivity index (χ2n) is 7.46. The molecule has 1 aromatic carbocycles. The fourth-order valence-corrected chi connectivity index (χ4v) is 4.23. The molecule has 3 rings (SSSR count). The zero-order valence-electron chi connectivity index (χ0n) is 16.4. The van der Waals surface area contributed by atoms with E-state index in [2.05, 4.69) is 0 Å². The van der Waals surface area contributed by atoms with Gasteiger partial charge in [-0.15, -0.1) is 0 Å². The van der Waals surface area contributed by atoms with Gasteiger partial charge in [-0.3, -0.25) is 0 Å². The average Bonchev–Trinajstić information content (AvgIpc) is 3.15. The van der Waals surface area contributed by atoms with Crippen LogP contribution in [-0.2, 0) is 14.2 Å². The van der Waals surface area contributed by atoms with E-state index >= 15 is 0 Å². The Bertz CT molecular complexity index is 720. The summed E-state index contributed by atoms with van der Waals surface area (Å²) in [6, 6.07) is 1.40. The van der Waals surface area contributed by atoms with E-state index in [0.717, 1.165) is 25.7 Å². The standard InChI is InChI=1S/C20H27ClO7/c1-11-14(19(24)25-3)10-15(21)18(16(11)22)28-12(2)17(23)13-4-6-20(7-5-13)26-8-9-27-20/h10,12-13,17,22-23H,4-9H2,1-3H3. The van der Waals surface area contributed by atoms with Gasteiger partial charge >= 0.3 is 5.97 Å². The highest BCUT2D eigenvalue weighted by Gasteiger charge is 2.42. The van der Waals surface area contributed by atoms with Crippen molar-refractivity contribution in [1.29, 1.82) is 0 Å². The van der Waals surface area contributed by atoms with E-state index in [9.17, 15) is 15.0 Å². The van der Waals surface area contributed by atoms with E-state index in [-0.39, 0.29) is 28.0 Å². The van der Waals surface area contributed by atoms with Crippen molar-refractivity contribution in [2.24, 2.45) is 5.92 Å². The second kappa shape index (κ2) is 8.45. The highest BCUT2D eigenvalue weighted by Crippen LogP contribution is 2.42. The fourth-order valence-electron chi connectivity index (χ4n) is 3.99. The molecule has 1 aliphatic carbocycles. The minimum atomic E-state index is -0.741. The molecule has 0 amide bonds. The first kappa shape index (κ1) is 21.2. The lowest BCUT2D eigenvalue weighted by Crippen LogP contribution is -2.42. The van der Waals surface area contributed by atoms with Gasteiger partial charge in [-0.2, -0.15) is 0 Å². The van der Waals surface area contributed by atoms with Gasteiger partial charge in [-0.25, -0.2) is 4.79 Å². The molecular weight excluding hydrogens is 388 g/mol. The van der Waals surface area contributed by atoms with Crippen molar-refractivity contribution >= 4 is 17.6 Å². The second-order valence-corrected chi connectivity index (χ2v) is 7.87. The molecule has 2 atom stereocenters. The molecule has 1 saturated heterocycles. The van der Waals surface area contributed by atoms with Crippen molar-refractivity contribution in [2.45, 2.75) is 57.5 Å². The largest absolute Gasteiger partial charge is 0.504 e. The van der Waals surface area contributed by atoms with Crippen LogP contribution in [0.5, 0.6) is 11.5 Å². The number of phenols is 1. The Morgan fingerprint density at radius 3 is 2.50 bits per heavy atom. The summed E-state index contributed by atoms with van der Waals surface area (Å²) in [5, 5.41) is 21.3. The maximum Gasteiger partial charge on any atom is 0.338 e. The van der Waals surface area contributed by atoms with E-state index in [1.165, 1.54) is 13.2 Å². The van der Waals surface area contributed by atoms with Crippen LogP contribution < -0.4 is 4.74 Å². The number of methoxy groups -OCH3 is 1. The van der Waals surface area contributed by atoms with Gasteiger partial charge in [0.1, 0.15) is 6.10 Å². The number of hydrogen-bond acceptors (Lipinski definition) is 7. The molecule has 1 spiro atoms. The summed E-state index contributed by atoms with van der Waals surface area (Å²) in [5.41, 5.74) is 0.475. The number of carbonyl (C=O) groups excluding carboxylic acids is 1. The summed E-state index contributed by atoms with van der Waals surface area (Å²) in [6.45, 7) is 4.54. The van der Waals surface area contributed by atoms with Crippen LogP contribution >= 0.6 is 11.6 Å². The van der Waals surface area contributed by atoms with Gasteiger partial charge < -0.3 is 29.2 Å². The summed E-state index contributed by atoms with van der Waals surface area (Å²) in [5.74, 6) is -1.23. The van der Waals surface area contributed by atoms with Crippen molar-refractivity contribution in [3.05, 3.63) is 22.2 Å². The summed E-state index contributed by atoms with van der Waals surface area (Å²) >= 11 is 6.22. The number of hydrogen-bond donors (Lipinski definition) is 2. The van der Waals surface area contributed by atoms with E-state index in [1.807, 2.05) is 0 Å². The van der Waals surface area contributed by atoms with Gasteiger partial charge in [0.05, 0.1) is 37.0 Å². The van der Waals surface area contributed by atoms with Crippen LogP contribution in [0.1, 0.15) is 48.5 Å². The van der Waals surface area contributed by atoms with Crippen LogP contribution in [0, 0.1) is 12.8 Å². The fraction of sp³-hybridized carbons (Fsp3) is 0.650. The summed E-state index contributed by atoms with van der Waals surface area (Å²) < 4.78 is 22.0. The van der Waals surface area contributed by atoms with Crippen LogP contribution in [0.3, 0.4) is 0 Å². The lowest BCUT2D eigenvalue weighted by Gasteiger charge is -2.38. The Labute approximate surface area is 169 Å². The monoisotopic (exact) mass is 414 g/mol. The zero-order valence-corrected chi connectivity index (χ0v) is 17.1. The average molecular weight is 415 g/mol. The first-order valence-electron chi connectivity index (χ1n) is 9.51. The van der Waals surface area contributed by atoms with Crippen LogP contribution in [0.4, 0.5) is 0 Å². The van der Waals surface area contributed by atoms with Crippen molar-refractivity contribution in [3.8, 4) is 11.5 Å². The molecule has 0 aromatic heterocycles.